The predicted octanol–water partition coefficient (Wildman–Crippen LogP) is 4.36. The van der Waals surface area contributed by atoms with Gasteiger partial charge in [0.05, 0.1) is 11.9 Å². The van der Waals surface area contributed by atoms with Crippen LogP contribution in [0.4, 0.5) is 10.1 Å². The minimum absolute atomic E-state index is 0.0226. The van der Waals surface area contributed by atoms with Gasteiger partial charge >= 0.3 is 0 Å². The predicted molar refractivity (Wildman–Crippen MR) is 137 cm³/mol. The van der Waals surface area contributed by atoms with E-state index in [1.54, 1.807) is 43.3 Å². The number of amides is 2. The third kappa shape index (κ3) is 8.81. The van der Waals surface area contributed by atoms with Crippen LogP contribution in [0.25, 0.3) is 0 Å². The average molecular weight is 526 g/mol. The summed E-state index contributed by atoms with van der Waals surface area (Å²) in [4.78, 5) is 27.4. The number of rotatable bonds is 12. The number of anilines is 1. The molecule has 0 saturated heterocycles. The van der Waals surface area contributed by atoms with Crippen LogP contribution < -0.4 is 9.62 Å². The minimum atomic E-state index is -3.60. The molecule has 7 nitrogen and oxygen atoms in total. The van der Waals surface area contributed by atoms with Crippen LogP contribution in [0.1, 0.15) is 45.6 Å². The number of carbonyl (C=O) groups is 2. The van der Waals surface area contributed by atoms with Gasteiger partial charge in [-0.15, -0.1) is 0 Å². The van der Waals surface area contributed by atoms with E-state index in [0.717, 1.165) is 12.7 Å². The second-order valence-corrected chi connectivity index (χ2v) is 10.9. The molecule has 2 aromatic rings. The highest BCUT2D eigenvalue weighted by Gasteiger charge is 2.27. The van der Waals surface area contributed by atoms with Gasteiger partial charge in [-0.05, 0) is 62.6 Å². The fraction of sp³-hybridized carbons (Fsp3) is 0.440. The van der Waals surface area contributed by atoms with Crippen LogP contribution >= 0.6 is 11.6 Å². The van der Waals surface area contributed by atoms with Crippen molar-refractivity contribution < 1.29 is 22.4 Å². The van der Waals surface area contributed by atoms with Crippen molar-refractivity contribution >= 4 is 39.1 Å². The molecular weight excluding hydrogens is 493 g/mol. The topological polar surface area (TPSA) is 86.8 Å². The molecule has 35 heavy (non-hydrogen) atoms. The van der Waals surface area contributed by atoms with Crippen molar-refractivity contribution in [3.05, 3.63) is 64.9 Å². The summed E-state index contributed by atoms with van der Waals surface area (Å²) in [5, 5.41) is 3.29. The number of hydrogen-bond donors (Lipinski definition) is 1. The van der Waals surface area contributed by atoms with E-state index in [0.29, 0.717) is 16.3 Å². The Kier molecular flexibility index (Phi) is 10.5. The van der Waals surface area contributed by atoms with Crippen LogP contribution in [0.5, 0.6) is 0 Å². The molecule has 1 N–H and O–H groups in total. The van der Waals surface area contributed by atoms with E-state index in [-0.39, 0.29) is 43.8 Å². The van der Waals surface area contributed by atoms with E-state index in [4.69, 9.17) is 11.6 Å². The first-order chi connectivity index (χ1) is 16.4. The molecule has 0 saturated carbocycles. The summed E-state index contributed by atoms with van der Waals surface area (Å²) in [5.74, 6) is -0.983. The van der Waals surface area contributed by atoms with Crippen LogP contribution in [0.2, 0.25) is 5.02 Å². The lowest BCUT2D eigenvalue weighted by Gasteiger charge is -2.30. The zero-order chi connectivity index (χ0) is 26.2. The Labute approximate surface area is 212 Å². The molecule has 0 unspecified atom stereocenters. The fourth-order valence-corrected chi connectivity index (χ4v) is 4.61. The molecule has 2 atom stereocenters. The third-order valence-electron chi connectivity index (χ3n) is 5.68. The van der Waals surface area contributed by atoms with Gasteiger partial charge in [0, 0.05) is 30.6 Å². The Balaban J connectivity index is 2.16. The number of halogens is 2. The highest BCUT2D eigenvalue weighted by atomic mass is 35.5. The van der Waals surface area contributed by atoms with Crippen LogP contribution in [0.3, 0.4) is 0 Å². The molecule has 0 aliphatic rings. The lowest BCUT2D eigenvalue weighted by molar-refractivity contribution is -0.140. The van der Waals surface area contributed by atoms with Gasteiger partial charge in [0.25, 0.3) is 0 Å². The fourth-order valence-electron chi connectivity index (χ4n) is 3.47. The van der Waals surface area contributed by atoms with Gasteiger partial charge in [-0.3, -0.25) is 13.9 Å². The Morgan fingerprint density at radius 3 is 2.34 bits per heavy atom. The van der Waals surface area contributed by atoms with E-state index >= 15 is 0 Å². The molecule has 2 aromatic carbocycles. The molecule has 0 radical (unpaired) electrons. The second kappa shape index (κ2) is 12.9. The summed E-state index contributed by atoms with van der Waals surface area (Å²) < 4.78 is 39.3. The first-order valence-corrected chi connectivity index (χ1v) is 13.7. The summed E-state index contributed by atoms with van der Waals surface area (Å²) in [6.07, 6.45) is 2.10. The molecule has 192 valence electrons. The molecular formula is C25H33ClFN3O4S. The van der Waals surface area contributed by atoms with Crippen molar-refractivity contribution in [2.24, 2.45) is 0 Å². The van der Waals surface area contributed by atoms with Gasteiger partial charge in [0.2, 0.25) is 21.8 Å². The van der Waals surface area contributed by atoms with Crippen molar-refractivity contribution in [3.8, 4) is 0 Å². The summed E-state index contributed by atoms with van der Waals surface area (Å²) in [5.41, 5.74) is 1.09. The molecule has 0 spiro atoms. The van der Waals surface area contributed by atoms with E-state index in [2.05, 4.69) is 5.32 Å². The molecule has 2 amide bonds. The lowest BCUT2D eigenvalue weighted by atomic mass is 10.1. The summed E-state index contributed by atoms with van der Waals surface area (Å²) in [7, 11) is -3.60. The van der Waals surface area contributed by atoms with Gasteiger partial charge in [-0.2, -0.15) is 0 Å². The normalized spacial score (nSPS) is 13.1. The van der Waals surface area contributed by atoms with Crippen LogP contribution in [-0.2, 0) is 26.2 Å². The highest BCUT2D eigenvalue weighted by Crippen LogP contribution is 2.22. The molecule has 2 rings (SSSR count). The van der Waals surface area contributed by atoms with Gasteiger partial charge in [0.1, 0.15) is 11.9 Å². The molecule has 0 bridgehead atoms. The maximum absolute atomic E-state index is 13.3. The molecule has 0 aliphatic carbocycles. The van der Waals surface area contributed by atoms with Gasteiger partial charge < -0.3 is 10.2 Å². The number of hydrogen-bond acceptors (Lipinski definition) is 4. The average Bonchev–Trinajstić information content (AvgIpc) is 2.79. The summed E-state index contributed by atoms with van der Waals surface area (Å²) in [6, 6.07) is 11.4. The van der Waals surface area contributed by atoms with Gasteiger partial charge in [0.15, 0.2) is 0 Å². The first kappa shape index (κ1) is 28.6. The van der Waals surface area contributed by atoms with Crippen molar-refractivity contribution in [1.29, 1.82) is 0 Å². The maximum atomic E-state index is 13.3. The number of sulfonamides is 1. The van der Waals surface area contributed by atoms with Gasteiger partial charge in [-0.1, -0.05) is 36.7 Å². The van der Waals surface area contributed by atoms with Crippen LogP contribution in [-0.4, -0.2) is 50.0 Å². The van der Waals surface area contributed by atoms with Gasteiger partial charge in [-0.25, -0.2) is 12.8 Å². The van der Waals surface area contributed by atoms with Crippen molar-refractivity contribution in [2.75, 3.05) is 17.1 Å². The lowest BCUT2D eigenvalue weighted by Crippen LogP contribution is -2.49. The monoisotopic (exact) mass is 525 g/mol. The molecule has 0 heterocycles. The highest BCUT2D eigenvalue weighted by molar-refractivity contribution is 7.92. The van der Waals surface area contributed by atoms with Crippen LogP contribution in [0, 0.1) is 5.82 Å². The Morgan fingerprint density at radius 2 is 1.77 bits per heavy atom. The first-order valence-electron chi connectivity index (χ1n) is 11.5. The zero-order valence-corrected chi connectivity index (χ0v) is 22.1. The standard InChI is InChI=1S/C25H33ClFN3O4S/c1-5-18(2)28-25(32)19(3)29(17-20-11-13-22(27)14-12-20)24(31)10-7-15-30(35(4,33)34)23-9-6-8-21(26)16-23/h6,8-9,11-14,16,18-19H,5,7,10,15,17H2,1-4H3,(H,28,32)/t18-,19-/m0/s1. The summed E-state index contributed by atoms with van der Waals surface area (Å²) >= 11 is 6.02. The SMILES string of the molecule is CC[C@H](C)NC(=O)[C@H](C)N(Cc1ccc(F)cc1)C(=O)CCCN(c1cccc(Cl)c1)S(C)(=O)=O. The van der Waals surface area contributed by atoms with E-state index < -0.39 is 21.9 Å². The summed E-state index contributed by atoms with van der Waals surface area (Å²) in [6.45, 7) is 5.67. The van der Waals surface area contributed by atoms with E-state index in [1.165, 1.54) is 21.3 Å². The Hall–Kier alpha value is -2.65. The van der Waals surface area contributed by atoms with Crippen LogP contribution in [0.15, 0.2) is 48.5 Å². The quantitative estimate of drug-likeness (QED) is 0.446. The van der Waals surface area contributed by atoms with Crippen molar-refractivity contribution in [1.82, 2.24) is 10.2 Å². The Morgan fingerprint density at radius 1 is 1.11 bits per heavy atom. The Bertz CT molecular complexity index is 1110. The zero-order valence-electron chi connectivity index (χ0n) is 20.5. The number of nitrogens with zero attached hydrogens (tertiary/aromatic N) is 2. The molecule has 0 fully saturated rings. The number of benzene rings is 2. The second-order valence-electron chi connectivity index (χ2n) is 8.56. The maximum Gasteiger partial charge on any atom is 0.242 e. The van der Waals surface area contributed by atoms with E-state index in [9.17, 15) is 22.4 Å². The largest absolute Gasteiger partial charge is 0.352 e. The molecule has 10 heteroatoms. The molecule has 0 aromatic heterocycles. The smallest absolute Gasteiger partial charge is 0.242 e. The van der Waals surface area contributed by atoms with Crippen molar-refractivity contribution in [3.63, 3.8) is 0 Å². The number of nitrogens with one attached hydrogen (secondary N) is 1. The minimum Gasteiger partial charge on any atom is -0.352 e. The van der Waals surface area contributed by atoms with E-state index in [1.807, 2.05) is 13.8 Å². The third-order valence-corrected chi connectivity index (χ3v) is 7.11. The molecule has 0 aliphatic heterocycles. The van der Waals surface area contributed by atoms with Crippen molar-refractivity contribution in [2.45, 2.75) is 58.7 Å². The number of carbonyl (C=O) groups excluding carboxylic acids is 2.